The predicted octanol–water partition coefficient (Wildman–Crippen LogP) is 3.54. The second-order valence-electron chi connectivity index (χ2n) is 6.11. The molecule has 0 aliphatic heterocycles. The van der Waals surface area contributed by atoms with Crippen molar-refractivity contribution >= 4 is 50.8 Å². The largest absolute Gasteiger partial charge is 0.346 e. The SMILES string of the molecule is Cc1cccc(C)c1NC(=O)CNC(=O)[C@H](C)Sc1ncnc2sccc12. The molecule has 2 amide bonds. The van der Waals surface area contributed by atoms with Crippen molar-refractivity contribution in [1.29, 1.82) is 0 Å². The van der Waals surface area contributed by atoms with E-state index >= 15 is 0 Å². The van der Waals surface area contributed by atoms with Gasteiger partial charge in [-0.15, -0.1) is 11.3 Å². The Labute approximate surface area is 165 Å². The summed E-state index contributed by atoms with van der Waals surface area (Å²) in [6.45, 7) is 5.60. The molecule has 0 radical (unpaired) electrons. The van der Waals surface area contributed by atoms with Gasteiger partial charge in [0, 0.05) is 11.1 Å². The molecule has 1 aromatic carbocycles. The topological polar surface area (TPSA) is 84.0 Å². The zero-order valence-electron chi connectivity index (χ0n) is 15.3. The van der Waals surface area contributed by atoms with Gasteiger partial charge in [0.1, 0.15) is 16.2 Å². The van der Waals surface area contributed by atoms with Crippen LogP contribution in [0.1, 0.15) is 18.1 Å². The van der Waals surface area contributed by atoms with Crippen LogP contribution in [0.2, 0.25) is 0 Å². The number of thioether (sulfide) groups is 1. The molecule has 8 heteroatoms. The van der Waals surface area contributed by atoms with Gasteiger partial charge in [-0.1, -0.05) is 30.0 Å². The minimum Gasteiger partial charge on any atom is -0.346 e. The van der Waals surface area contributed by atoms with Crippen molar-refractivity contribution in [2.75, 3.05) is 11.9 Å². The van der Waals surface area contributed by atoms with Crippen molar-refractivity contribution in [1.82, 2.24) is 15.3 Å². The van der Waals surface area contributed by atoms with E-state index in [-0.39, 0.29) is 23.6 Å². The summed E-state index contributed by atoms with van der Waals surface area (Å²) in [4.78, 5) is 33.9. The molecule has 0 spiro atoms. The van der Waals surface area contributed by atoms with E-state index in [0.717, 1.165) is 32.1 Å². The smallest absolute Gasteiger partial charge is 0.243 e. The molecule has 2 N–H and O–H groups in total. The molecule has 0 aliphatic rings. The molecule has 2 aromatic heterocycles. The van der Waals surface area contributed by atoms with Crippen molar-refractivity contribution in [2.45, 2.75) is 31.0 Å². The number of hydrogen-bond donors (Lipinski definition) is 2. The normalized spacial score (nSPS) is 12.0. The van der Waals surface area contributed by atoms with Gasteiger partial charge in [0.05, 0.1) is 11.8 Å². The van der Waals surface area contributed by atoms with Crippen LogP contribution in [-0.2, 0) is 9.59 Å². The standard InChI is InChI=1S/C19H20N4O2S2/c1-11-5-4-6-12(2)16(11)23-15(24)9-20-17(25)13(3)27-19-14-7-8-26-18(14)21-10-22-19/h4-8,10,13H,9H2,1-3H3,(H,20,25)(H,23,24)/t13-/m0/s1. The van der Waals surface area contributed by atoms with Crippen LogP contribution in [0, 0.1) is 13.8 Å². The van der Waals surface area contributed by atoms with E-state index in [2.05, 4.69) is 20.6 Å². The molecule has 140 valence electrons. The number of nitrogens with one attached hydrogen (secondary N) is 2. The van der Waals surface area contributed by atoms with Crippen molar-refractivity contribution in [2.24, 2.45) is 0 Å². The summed E-state index contributed by atoms with van der Waals surface area (Å²) in [5.74, 6) is -0.459. The average molecular weight is 401 g/mol. The fourth-order valence-electron chi connectivity index (χ4n) is 2.59. The Hall–Kier alpha value is -2.45. The molecular weight excluding hydrogens is 380 g/mol. The number of carbonyl (C=O) groups excluding carboxylic acids is 2. The Morgan fingerprint density at radius 1 is 1.19 bits per heavy atom. The molecule has 0 saturated carbocycles. The molecule has 2 heterocycles. The number of hydrogen-bond acceptors (Lipinski definition) is 6. The van der Waals surface area contributed by atoms with Crippen LogP contribution in [0.25, 0.3) is 10.2 Å². The number of benzene rings is 1. The van der Waals surface area contributed by atoms with Crippen LogP contribution in [0.4, 0.5) is 5.69 Å². The predicted molar refractivity (Wildman–Crippen MR) is 110 cm³/mol. The maximum Gasteiger partial charge on any atom is 0.243 e. The summed E-state index contributed by atoms with van der Waals surface area (Å²) in [7, 11) is 0. The lowest BCUT2D eigenvalue weighted by atomic mass is 10.1. The second-order valence-corrected chi connectivity index (χ2v) is 8.34. The number of carbonyl (C=O) groups is 2. The molecule has 27 heavy (non-hydrogen) atoms. The van der Waals surface area contributed by atoms with Gasteiger partial charge in [0.2, 0.25) is 11.8 Å². The van der Waals surface area contributed by atoms with Crippen molar-refractivity contribution in [3.05, 3.63) is 47.1 Å². The first kappa shape index (κ1) is 19.3. The van der Waals surface area contributed by atoms with Crippen LogP contribution >= 0.6 is 23.1 Å². The number of para-hydroxylation sites is 1. The zero-order chi connectivity index (χ0) is 19.4. The number of aromatic nitrogens is 2. The molecule has 1 atom stereocenters. The lowest BCUT2D eigenvalue weighted by Crippen LogP contribution is -2.37. The molecule has 6 nitrogen and oxygen atoms in total. The first-order valence-corrected chi connectivity index (χ1v) is 10.2. The van der Waals surface area contributed by atoms with E-state index in [1.54, 1.807) is 6.92 Å². The van der Waals surface area contributed by atoms with E-state index in [4.69, 9.17) is 0 Å². The molecule has 0 saturated heterocycles. The van der Waals surface area contributed by atoms with Gasteiger partial charge in [0.15, 0.2) is 0 Å². The second kappa shape index (κ2) is 8.49. The maximum absolute atomic E-state index is 12.4. The van der Waals surface area contributed by atoms with Crippen LogP contribution < -0.4 is 10.6 Å². The van der Waals surface area contributed by atoms with Crippen LogP contribution in [0.5, 0.6) is 0 Å². The van der Waals surface area contributed by atoms with Crippen molar-refractivity contribution < 1.29 is 9.59 Å². The molecule has 0 aliphatic carbocycles. The number of nitrogens with zero attached hydrogens (tertiary/aromatic N) is 2. The Balaban J connectivity index is 1.55. The number of aryl methyl sites for hydroxylation is 2. The summed E-state index contributed by atoms with van der Waals surface area (Å²) in [6, 6.07) is 7.77. The van der Waals surface area contributed by atoms with Crippen LogP contribution in [-0.4, -0.2) is 33.6 Å². The Kier molecular flexibility index (Phi) is 6.08. The highest BCUT2D eigenvalue weighted by Gasteiger charge is 2.18. The van der Waals surface area contributed by atoms with E-state index < -0.39 is 0 Å². The summed E-state index contributed by atoms with van der Waals surface area (Å²) in [5, 5.41) is 8.84. The third-order valence-electron chi connectivity index (χ3n) is 4.05. The minimum absolute atomic E-state index is 0.0743. The first-order valence-electron chi connectivity index (χ1n) is 8.44. The number of anilines is 1. The highest BCUT2D eigenvalue weighted by atomic mass is 32.2. The molecule has 3 rings (SSSR count). The van der Waals surface area contributed by atoms with Gasteiger partial charge >= 0.3 is 0 Å². The van der Waals surface area contributed by atoms with Gasteiger partial charge < -0.3 is 10.6 Å². The maximum atomic E-state index is 12.4. The third kappa shape index (κ3) is 4.64. The molecule has 0 bridgehead atoms. The third-order valence-corrected chi connectivity index (χ3v) is 5.99. The zero-order valence-corrected chi connectivity index (χ0v) is 16.9. The summed E-state index contributed by atoms with van der Waals surface area (Å²) < 4.78 is 0. The summed E-state index contributed by atoms with van der Waals surface area (Å²) >= 11 is 2.89. The Morgan fingerprint density at radius 3 is 2.67 bits per heavy atom. The monoisotopic (exact) mass is 400 g/mol. The Morgan fingerprint density at radius 2 is 1.93 bits per heavy atom. The van der Waals surface area contributed by atoms with Crippen molar-refractivity contribution in [3.63, 3.8) is 0 Å². The highest BCUT2D eigenvalue weighted by molar-refractivity contribution is 8.00. The fraction of sp³-hybridized carbons (Fsp3) is 0.263. The van der Waals surface area contributed by atoms with Crippen LogP contribution in [0.15, 0.2) is 41.0 Å². The quantitative estimate of drug-likeness (QED) is 0.488. The first-order chi connectivity index (χ1) is 13.0. The average Bonchev–Trinajstić information content (AvgIpc) is 3.12. The minimum atomic E-state index is -0.379. The number of amides is 2. The van der Waals surface area contributed by atoms with E-state index in [0.29, 0.717) is 0 Å². The van der Waals surface area contributed by atoms with E-state index in [1.165, 1.54) is 29.4 Å². The highest BCUT2D eigenvalue weighted by Crippen LogP contribution is 2.30. The van der Waals surface area contributed by atoms with Gasteiger partial charge in [-0.05, 0) is 43.3 Å². The van der Waals surface area contributed by atoms with Gasteiger partial charge in [-0.25, -0.2) is 9.97 Å². The lowest BCUT2D eigenvalue weighted by molar-refractivity contribution is -0.123. The Bertz CT molecular complexity index is 967. The lowest BCUT2D eigenvalue weighted by Gasteiger charge is -2.14. The summed E-state index contributed by atoms with van der Waals surface area (Å²) in [5.41, 5.74) is 2.77. The fourth-order valence-corrected chi connectivity index (χ4v) is 4.31. The van der Waals surface area contributed by atoms with Gasteiger partial charge in [0.25, 0.3) is 0 Å². The van der Waals surface area contributed by atoms with Crippen LogP contribution in [0.3, 0.4) is 0 Å². The number of rotatable bonds is 6. The molecule has 3 aromatic rings. The van der Waals surface area contributed by atoms with E-state index in [1.807, 2.05) is 43.5 Å². The van der Waals surface area contributed by atoms with Crippen molar-refractivity contribution in [3.8, 4) is 0 Å². The number of thiophene rings is 1. The molecule has 0 unspecified atom stereocenters. The summed E-state index contributed by atoms with van der Waals surface area (Å²) in [6.07, 6.45) is 1.50. The van der Waals surface area contributed by atoms with Gasteiger partial charge in [-0.3, -0.25) is 9.59 Å². The molecule has 0 fully saturated rings. The number of fused-ring (bicyclic) bond motifs is 1. The van der Waals surface area contributed by atoms with E-state index in [9.17, 15) is 9.59 Å². The van der Waals surface area contributed by atoms with Gasteiger partial charge in [-0.2, -0.15) is 0 Å². The molecular formula is C19H20N4O2S2.